The Hall–Kier alpha value is -2.14. The number of carbonyl (C=O) groups is 1. The predicted octanol–water partition coefficient (Wildman–Crippen LogP) is 2.13. The first kappa shape index (κ1) is 23.9. The summed E-state index contributed by atoms with van der Waals surface area (Å²) in [6.07, 6.45) is 2.86. The summed E-state index contributed by atoms with van der Waals surface area (Å²) < 4.78 is 33.1. The SMILES string of the molecule is CC(C)(C)OC(=O)CNS(=O)(=O)c1ccc2c(N(Cl)C(=N)N)cncc2c1.Cl. The highest BCUT2D eigenvalue weighted by atomic mass is 35.5. The lowest BCUT2D eigenvalue weighted by atomic mass is 10.1. The van der Waals surface area contributed by atoms with E-state index >= 15 is 0 Å². The van der Waals surface area contributed by atoms with Crippen LogP contribution in [0, 0.1) is 5.41 Å². The quantitative estimate of drug-likeness (QED) is 0.275. The van der Waals surface area contributed by atoms with E-state index in [0.717, 1.165) is 4.42 Å². The summed E-state index contributed by atoms with van der Waals surface area (Å²) in [6, 6.07) is 4.26. The van der Waals surface area contributed by atoms with Gasteiger partial charge in [0.2, 0.25) is 16.0 Å². The Morgan fingerprint density at radius 2 is 2.00 bits per heavy atom. The Morgan fingerprint density at radius 3 is 2.57 bits per heavy atom. The van der Waals surface area contributed by atoms with Gasteiger partial charge in [-0.1, -0.05) is 6.07 Å². The second-order valence-electron chi connectivity index (χ2n) is 6.62. The minimum atomic E-state index is -3.94. The standard InChI is InChI=1S/C16H20ClN5O4S.ClH/c1-16(2,3)26-14(23)9-21-27(24,25)11-4-5-12-10(6-11)7-20-8-13(12)22(17)15(18)19;/h4-8,21H,9H2,1-3H3,(H3,18,19);1H. The maximum absolute atomic E-state index is 12.4. The molecular formula is C16H21Cl2N5O4S. The zero-order chi connectivity index (χ0) is 20.4. The lowest BCUT2D eigenvalue weighted by Crippen LogP contribution is -2.34. The number of hydrogen-bond donors (Lipinski definition) is 3. The Balaban J connectivity index is 0.00000392. The van der Waals surface area contributed by atoms with Gasteiger partial charge in [0.15, 0.2) is 0 Å². The molecule has 0 fully saturated rings. The van der Waals surface area contributed by atoms with Crippen molar-refractivity contribution in [1.82, 2.24) is 9.71 Å². The molecule has 1 heterocycles. The molecular weight excluding hydrogens is 429 g/mol. The van der Waals surface area contributed by atoms with Gasteiger partial charge in [-0.3, -0.25) is 15.2 Å². The van der Waals surface area contributed by atoms with Crippen molar-refractivity contribution >= 4 is 62.6 Å². The van der Waals surface area contributed by atoms with E-state index in [1.54, 1.807) is 20.8 Å². The normalized spacial score (nSPS) is 11.6. The van der Waals surface area contributed by atoms with Crippen molar-refractivity contribution in [3.8, 4) is 0 Å². The van der Waals surface area contributed by atoms with Gasteiger partial charge in [-0.25, -0.2) is 12.8 Å². The summed E-state index contributed by atoms with van der Waals surface area (Å²) in [4.78, 5) is 15.7. The van der Waals surface area contributed by atoms with Gasteiger partial charge in [-0.2, -0.15) is 4.72 Å². The topological polar surface area (TPSA) is 138 Å². The largest absolute Gasteiger partial charge is 0.459 e. The number of fused-ring (bicyclic) bond motifs is 1. The van der Waals surface area contributed by atoms with Crippen LogP contribution in [0.15, 0.2) is 35.5 Å². The molecule has 9 nitrogen and oxygen atoms in total. The van der Waals surface area contributed by atoms with Crippen LogP contribution in [0.2, 0.25) is 0 Å². The monoisotopic (exact) mass is 449 g/mol. The lowest BCUT2D eigenvalue weighted by Gasteiger charge is -2.19. The molecule has 154 valence electrons. The summed E-state index contributed by atoms with van der Waals surface area (Å²) in [5.74, 6) is -1.09. The number of nitrogens with zero attached hydrogens (tertiary/aromatic N) is 2. The van der Waals surface area contributed by atoms with E-state index in [1.807, 2.05) is 0 Å². The van der Waals surface area contributed by atoms with E-state index in [2.05, 4.69) is 9.71 Å². The van der Waals surface area contributed by atoms with Crippen molar-refractivity contribution in [1.29, 1.82) is 5.41 Å². The number of ether oxygens (including phenoxy) is 1. The molecule has 2 rings (SSSR count). The number of carbonyl (C=O) groups excluding carboxylic acids is 1. The average Bonchev–Trinajstić information content (AvgIpc) is 2.57. The van der Waals surface area contributed by atoms with E-state index in [0.29, 0.717) is 16.5 Å². The molecule has 0 radical (unpaired) electrons. The van der Waals surface area contributed by atoms with E-state index in [4.69, 9.17) is 27.7 Å². The predicted molar refractivity (Wildman–Crippen MR) is 110 cm³/mol. The maximum atomic E-state index is 12.4. The van der Waals surface area contributed by atoms with Crippen molar-refractivity contribution in [2.24, 2.45) is 5.73 Å². The van der Waals surface area contributed by atoms with Crippen LogP contribution in [-0.4, -0.2) is 37.5 Å². The number of hydrogen-bond acceptors (Lipinski definition) is 6. The van der Waals surface area contributed by atoms with Gasteiger partial charge in [0.05, 0.1) is 16.8 Å². The lowest BCUT2D eigenvalue weighted by molar-refractivity contribution is -0.153. The highest BCUT2D eigenvalue weighted by Gasteiger charge is 2.21. The van der Waals surface area contributed by atoms with Crippen LogP contribution in [-0.2, 0) is 19.6 Å². The number of sulfonamides is 1. The molecule has 0 saturated carbocycles. The zero-order valence-corrected chi connectivity index (χ0v) is 17.8. The van der Waals surface area contributed by atoms with Gasteiger partial charge in [-0.15, -0.1) is 12.4 Å². The maximum Gasteiger partial charge on any atom is 0.321 e. The fraction of sp³-hybridized carbons (Fsp3) is 0.312. The molecule has 1 aromatic heterocycles. The summed E-state index contributed by atoms with van der Waals surface area (Å²) >= 11 is 5.95. The van der Waals surface area contributed by atoms with Crippen LogP contribution in [0.1, 0.15) is 20.8 Å². The first-order valence-corrected chi connectivity index (χ1v) is 9.62. The fourth-order valence-corrected chi connectivity index (χ4v) is 3.35. The van der Waals surface area contributed by atoms with E-state index in [9.17, 15) is 13.2 Å². The summed E-state index contributed by atoms with van der Waals surface area (Å²) in [5, 5.41) is 8.43. The molecule has 0 amide bonds. The number of esters is 1. The first-order chi connectivity index (χ1) is 12.4. The first-order valence-electron chi connectivity index (χ1n) is 7.80. The molecule has 0 atom stereocenters. The number of anilines is 1. The second-order valence-corrected chi connectivity index (χ2v) is 8.72. The molecule has 12 heteroatoms. The van der Waals surface area contributed by atoms with Crippen molar-refractivity contribution in [3.63, 3.8) is 0 Å². The van der Waals surface area contributed by atoms with Crippen LogP contribution >= 0.6 is 24.2 Å². The van der Waals surface area contributed by atoms with Crippen LogP contribution in [0.5, 0.6) is 0 Å². The van der Waals surface area contributed by atoms with Gasteiger partial charge in [0.1, 0.15) is 12.1 Å². The van der Waals surface area contributed by atoms with Gasteiger partial charge in [0, 0.05) is 28.7 Å². The molecule has 0 unspecified atom stereocenters. The van der Waals surface area contributed by atoms with Crippen LogP contribution < -0.4 is 14.9 Å². The van der Waals surface area contributed by atoms with E-state index in [1.165, 1.54) is 30.6 Å². The number of rotatable bonds is 5. The minimum absolute atomic E-state index is 0. The number of halogens is 2. The molecule has 0 aliphatic heterocycles. The number of nitrogens with two attached hydrogens (primary N) is 1. The summed E-state index contributed by atoms with van der Waals surface area (Å²) in [7, 11) is -3.94. The number of benzene rings is 1. The third-order valence-electron chi connectivity index (χ3n) is 3.27. The number of guanidine groups is 1. The van der Waals surface area contributed by atoms with Crippen LogP contribution in [0.25, 0.3) is 10.8 Å². The molecule has 2 aromatic rings. The molecule has 4 N–H and O–H groups in total. The van der Waals surface area contributed by atoms with Crippen molar-refractivity contribution in [3.05, 3.63) is 30.6 Å². The highest BCUT2D eigenvalue weighted by Crippen LogP contribution is 2.28. The summed E-state index contributed by atoms with van der Waals surface area (Å²) in [6.45, 7) is 4.58. The number of nitrogens with one attached hydrogen (secondary N) is 2. The molecule has 0 saturated heterocycles. The van der Waals surface area contributed by atoms with Crippen molar-refractivity contribution < 1.29 is 17.9 Å². The van der Waals surface area contributed by atoms with Crippen LogP contribution in [0.3, 0.4) is 0 Å². The second kappa shape index (κ2) is 8.91. The summed E-state index contributed by atoms with van der Waals surface area (Å²) in [5.41, 5.74) is 5.00. The number of aromatic nitrogens is 1. The van der Waals surface area contributed by atoms with Gasteiger partial charge < -0.3 is 10.5 Å². The molecule has 0 bridgehead atoms. The Kier molecular flexibility index (Phi) is 7.60. The van der Waals surface area contributed by atoms with Gasteiger partial charge in [0.25, 0.3) is 0 Å². The smallest absolute Gasteiger partial charge is 0.321 e. The third kappa shape index (κ3) is 5.93. The Bertz CT molecular complexity index is 992. The minimum Gasteiger partial charge on any atom is -0.459 e. The van der Waals surface area contributed by atoms with Crippen LogP contribution in [0.4, 0.5) is 5.69 Å². The molecule has 28 heavy (non-hydrogen) atoms. The fourth-order valence-electron chi connectivity index (χ4n) is 2.21. The van der Waals surface area contributed by atoms with Gasteiger partial charge >= 0.3 is 5.97 Å². The number of pyridine rings is 1. The zero-order valence-electron chi connectivity index (χ0n) is 15.4. The molecule has 0 spiro atoms. The van der Waals surface area contributed by atoms with E-state index < -0.39 is 34.1 Å². The van der Waals surface area contributed by atoms with Crippen molar-refractivity contribution in [2.75, 3.05) is 11.0 Å². The Morgan fingerprint density at radius 1 is 1.36 bits per heavy atom. The van der Waals surface area contributed by atoms with Gasteiger partial charge in [-0.05, 0) is 32.9 Å². The third-order valence-corrected chi connectivity index (χ3v) is 5.03. The molecule has 0 aliphatic carbocycles. The van der Waals surface area contributed by atoms with Crippen molar-refractivity contribution in [2.45, 2.75) is 31.3 Å². The highest BCUT2D eigenvalue weighted by molar-refractivity contribution is 7.89. The Labute approximate surface area is 174 Å². The average molecular weight is 450 g/mol. The van der Waals surface area contributed by atoms with E-state index in [-0.39, 0.29) is 17.3 Å². The molecule has 0 aliphatic rings. The molecule has 1 aromatic carbocycles.